The van der Waals surface area contributed by atoms with Gasteiger partial charge in [0, 0.05) is 43.8 Å². The Balaban J connectivity index is 1.79. The van der Waals surface area contributed by atoms with E-state index in [4.69, 9.17) is 4.74 Å². The van der Waals surface area contributed by atoms with Crippen LogP contribution in [0.25, 0.3) is 6.08 Å². The molecule has 2 aromatic rings. The highest BCUT2D eigenvalue weighted by molar-refractivity contribution is 7.78. The number of hydrogen-bond acceptors (Lipinski definition) is 4. The van der Waals surface area contributed by atoms with Crippen LogP contribution in [0.15, 0.2) is 60.8 Å². The zero-order chi connectivity index (χ0) is 21.7. The largest absolute Gasteiger partial charge is 0.378 e. The van der Waals surface area contributed by atoms with Crippen molar-refractivity contribution in [2.75, 3.05) is 37.0 Å². The van der Waals surface area contributed by atoms with Crippen molar-refractivity contribution in [1.82, 2.24) is 0 Å². The van der Waals surface area contributed by atoms with E-state index in [-0.39, 0.29) is 5.75 Å². The maximum atomic E-state index is 11.2. The quantitative estimate of drug-likeness (QED) is 0.532. The molecular formula is C24H30N2O3S. The number of nitrogens with zero attached hydrogens (tertiary/aromatic N) is 2. The monoisotopic (exact) mass is 426 g/mol. The van der Waals surface area contributed by atoms with Crippen molar-refractivity contribution in [3.63, 3.8) is 0 Å². The highest BCUT2D eigenvalue weighted by Crippen LogP contribution is 2.36. The summed E-state index contributed by atoms with van der Waals surface area (Å²) in [6, 6.07) is 14.3. The predicted octanol–water partition coefficient (Wildman–Crippen LogP) is 4.77. The van der Waals surface area contributed by atoms with Gasteiger partial charge in [-0.3, -0.25) is 0 Å². The molecule has 3 rings (SSSR count). The maximum absolute atomic E-state index is 11.2. The summed E-state index contributed by atoms with van der Waals surface area (Å²) in [5, 5.41) is 0. The molecule has 30 heavy (non-hydrogen) atoms. The average molecular weight is 427 g/mol. The molecule has 0 fully saturated rings. The van der Waals surface area contributed by atoms with E-state index in [1.54, 1.807) is 0 Å². The average Bonchev–Trinajstić information content (AvgIpc) is 2.81. The molecule has 0 aliphatic carbocycles. The third kappa shape index (κ3) is 5.59. The second-order valence-electron chi connectivity index (χ2n) is 8.06. The molecular weight excluding hydrogens is 396 g/mol. The van der Waals surface area contributed by atoms with Crippen LogP contribution >= 0.6 is 0 Å². The smallest absolute Gasteiger partial charge is 0.157 e. The van der Waals surface area contributed by atoms with Crippen LogP contribution in [-0.4, -0.2) is 36.0 Å². The molecule has 1 aliphatic heterocycles. The first kappa shape index (κ1) is 22.3. The number of anilines is 2. The molecule has 0 bridgehead atoms. The van der Waals surface area contributed by atoms with Gasteiger partial charge in [0.25, 0.3) is 0 Å². The molecule has 2 aromatic carbocycles. The van der Waals surface area contributed by atoms with Crippen molar-refractivity contribution in [1.29, 1.82) is 0 Å². The van der Waals surface area contributed by atoms with Crippen molar-refractivity contribution in [2.45, 2.75) is 25.2 Å². The van der Waals surface area contributed by atoms with Gasteiger partial charge in [0.15, 0.2) is 11.1 Å². The minimum atomic E-state index is -1.86. The summed E-state index contributed by atoms with van der Waals surface area (Å²) in [4.78, 5) is 4.25. The molecule has 1 aliphatic rings. The molecule has 5 nitrogen and oxygen atoms in total. The first-order valence-electron chi connectivity index (χ1n) is 10.00. The van der Waals surface area contributed by atoms with E-state index in [2.05, 4.69) is 46.3 Å². The van der Waals surface area contributed by atoms with Crippen LogP contribution < -0.4 is 9.80 Å². The van der Waals surface area contributed by atoms with Crippen molar-refractivity contribution in [3.8, 4) is 0 Å². The Morgan fingerprint density at radius 3 is 2.57 bits per heavy atom. The summed E-state index contributed by atoms with van der Waals surface area (Å²) >= 11 is -1.86. The van der Waals surface area contributed by atoms with Crippen molar-refractivity contribution in [2.24, 2.45) is 0 Å². The van der Waals surface area contributed by atoms with Gasteiger partial charge in [0.2, 0.25) is 0 Å². The van der Waals surface area contributed by atoms with Gasteiger partial charge < -0.3 is 19.1 Å². The Labute approximate surface area is 181 Å². The van der Waals surface area contributed by atoms with Crippen LogP contribution in [-0.2, 0) is 27.2 Å². The van der Waals surface area contributed by atoms with Crippen LogP contribution in [0.3, 0.4) is 0 Å². The molecule has 1 atom stereocenters. The second-order valence-corrected chi connectivity index (χ2v) is 8.99. The van der Waals surface area contributed by atoms with Gasteiger partial charge in [-0.1, -0.05) is 30.4 Å². The van der Waals surface area contributed by atoms with Gasteiger partial charge in [-0.05, 0) is 55.3 Å². The van der Waals surface area contributed by atoms with E-state index in [0.717, 1.165) is 28.9 Å². The van der Waals surface area contributed by atoms with E-state index in [1.165, 1.54) is 5.69 Å². The number of allylic oxidation sites excluding steroid dienone is 2. The van der Waals surface area contributed by atoms with Gasteiger partial charge in [-0.25, -0.2) is 4.21 Å². The predicted molar refractivity (Wildman–Crippen MR) is 126 cm³/mol. The van der Waals surface area contributed by atoms with E-state index in [1.807, 2.05) is 58.3 Å². The summed E-state index contributed by atoms with van der Waals surface area (Å²) in [6.45, 7) is 5.42. The second kappa shape index (κ2) is 9.60. The molecule has 6 heteroatoms. The fourth-order valence-corrected chi connectivity index (χ4v) is 3.97. The molecule has 0 saturated heterocycles. The summed E-state index contributed by atoms with van der Waals surface area (Å²) in [5.74, 6) is 0.120. The summed E-state index contributed by atoms with van der Waals surface area (Å²) < 4.78 is 26.5. The van der Waals surface area contributed by atoms with E-state index < -0.39 is 16.7 Å². The van der Waals surface area contributed by atoms with Crippen molar-refractivity contribution >= 4 is 28.5 Å². The Morgan fingerprint density at radius 2 is 1.90 bits per heavy atom. The lowest BCUT2D eigenvalue weighted by molar-refractivity contribution is -0.0128. The highest BCUT2D eigenvalue weighted by atomic mass is 32.2. The topological polar surface area (TPSA) is 53.0 Å². The van der Waals surface area contributed by atoms with Crippen LogP contribution in [0.1, 0.15) is 30.5 Å². The Morgan fingerprint density at radius 1 is 1.17 bits per heavy atom. The summed E-state index contributed by atoms with van der Waals surface area (Å²) in [6.07, 6.45) is 8.19. The molecule has 160 valence electrons. The number of benzene rings is 2. The fourth-order valence-electron chi connectivity index (χ4n) is 3.50. The number of ether oxygens (including phenoxy) is 1. The molecule has 0 amide bonds. The lowest BCUT2D eigenvalue weighted by atomic mass is 9.94. The summed E-state index contributed by atoms with van der Waals surface area (Å²) in [5.41, 5.74) is 4.78. The van der Waals surface area contributed by atoms with E-state index >= 15 is 0 Å². The molecule has 1 heterocycles. The Kier molecular flexibility index (Phi) is 7.13. The minimum absolute atomic E-state index is 0.120. The maximum Gasteiger partial charge on any atom is 0.157 e. The molecule has 0 spiro atoms. The number of fused-ring (bicyclic) bond motifs is 1. The zero-order valence-corrected chi connectivity index (χ0v) is 18.9. The molecule has 0 aromatic heterocycles. The van der Waals surface area contributed by atoms with Crippen LogP contribution in [0, 0.1) is 0 Å². The van der Waals surface area contributed by atoms with E-state index in [0.29, 0.717) is 6.61 Å². The molecule has 1 N–H and O–H groups in total. The van der Waals surface area contributed by atoms with Crippen molar-refractivity contribution in [3.05, 3.63) is 77.5 Å². The fraction of sp³-hybridized carbons (Fsp3) is 0.333. The highest BCUT2D eigenvalue weighted by Gasteiger charge is 2.29. The van der Waals surface area contributed by atoms with Crippen LogP contribution in [0.5, 0.6) is 0 Å². The van der Waals surface area contributed by atoms with Gasteiger partial charge in [-0.2, -0.15) is 0 Å². The number of rotatable bonds is 6. The summed E-state index contributed by atoms with van der Waals surface area (Å²) in [7, 11) is 4.06. The number of hydrogen-bond donors (Lipinski definition) is 1. The molecule has 0 saturated carbocycles. The standard InChI is InChI=1S/C24H30N2O3S/c1-24(2)22-17-20(18-30(27)28)10-13-23(22)26(15-16-29-24)14-6-5-7-19-8-11-21(12-9-19)25(3)4/h5-14,17H,15-16,18H2,1-4H3,(H,27,28). The minimum Gasteiger partial charge on any atom is -0.378 e. The van der Waals surface area contributed by atoms with Crippen molar-refractivity contribution < 1.29 is 13.5 Å². The van der Waals surface area contributed by atoms with Gasteiger partial charge in [-0.15, -0.1) is 0 Å². The van der Waals surface area contributed by atoms with Gasteiger partial charge in [0.1, 0.15) is 0 Å². The van der Waals surface area contributed by atoms with Crippen LogP contribution in [0.2, 0.25) is 0 Å². The lowest BCUT2D eigenvalue weighted by Gasteiger charge is -2.27. The van der Waals surface area contributed by atoms with Gasteiger partial charge >= 0.3 is 0 Å². The third-order valence-electron chi connectivity index (χ3n) is 5.18. The lowest BCUT2D eigenvalue weighted by Crippen LogP contribution is -2.21. The normalized spacial score (nSPS) is 17.2. The third-order valence-corrected chi connectivity index (χ3v) is 5.76. The van der Waals surface area contributed by atoms with E-state index in [9.17, 15) is 8.76 Å². The Hall–Kier alpha value is -2.41. The molecule has 0 radical (unpaired) electrons. The van der Waals surface area contributed by atoms with Crippen LogP contribution in [0.4, 0.5) is 11.4 Å². The zero-order valence-electron chi connectivity index (χ0n) is 18.0. The Bertz CT molecular complexity index is 949. The van der Waals surface area contributed by atoms with Gasteiger partial charge in [0.05, 0.1) is 18.0 Å². The first-order chi connectivity index (χ1) is 14.3. The molecule has 1 unspecified atom stereocenters. The SMILES string of the molecule is CN(C)c1ccc(C=CC=CN2CCOC(C)(C)c3cc(CS(=O)O)ccc32)cc1. The first-order valence-corrected chi connectivity index (χ1v) is 11.3.